The van der Waals surface area contributed by atoms with E-state index in [0.29, 0.717) is 37.4 Å². The number of nitrogens with zero attached hydrogens (tertiary/aromatic N) is 1. The van der Waals surface area contributed by atoms with Gasteiger partial charge in [0.1, 0.15) is 5.75 Å². The van der Waals surface area contributed by atoms with Crippen LogP contribution in [0, 0.1) is 5.92 Å². The number of hydrogen-bond donors (Lipinski definition) is 1. The van der Waals surface area contributed by atoms with Crippen LogP contribution in [-0.2, 0) is 21.4 Å². The van der Waals surface area contributed by atoms with Crippen LogP contribution in [0.5, 0.6) is 5.75 Å². The van der Waals surface area contributed by atoms with E-state index in [4.69, 9.17) is 4.74 Å². The molecule has 8 heteroatoms. The number of piperidine rings is 1. The Balaban J connectivity index is 1.52. The van der Waals surface area contributed by atoms with Gasteiger partial charge < -0.3 is 10.1 Å². The van der Waals surface area contributed by atoms with E-state index in [9.17, 15) is 13.2 Å². The summed E-state index contributed by atoms with van der Waals surface area (Å²) in [7, 11) is -3.53. The molecule has 6 nitrogen and oxygen atoms in total. The molecule has 1 amide bonds. The van der Waals surface area contributed by atoms with Gasteiger partial charge in [-0.2, -0.15) is 4.31 Å². The van der Waals surface area contributed by atoms with Crippen LogP contribution in [0.4, 0.5) is 0 Å². The number of rotatable bonds is 8. The first kappa shape index (κ1) is 23.6. The predicted molar refractivity (Wildman–Crippen MR) is 124 cm³/mol. The minimum Gasteiger partial charge on any atom is -0.491 e. The largest absolute Gasteiger partial charge is 0.491 e. The molecule has 1 aliphatic heterocycles. The smallest absolute Gasteiger partial charge is 0.243 e. The van der Waals surface area contributed by atoms with Gasteiger partial charge in [0.2, 0.25) is 15.9 Å². The van der Waals surface area contributed by atoms with Gasteiger partial charge in [-0.05, 0) is 74.9 Å². The zero-order chi connectivity index (χ0) is 22.4. The van der Waals surface area contributed by atoms with E-state index in [2.05, 4.69) is 5.32 Å². The molecule has 0 radical (unpaired) electrons. The second kappa shape index (κ2) is 10.5. The summed E-state index contributed by atoms with van der Waals surface area (Å²) in [5.41, 5.74) is 0.972. The first-order valence-corrected chi connectivity index (χ1v) is 13.1. The molecule has 1 saturated heterocycles. The van der Waals surface area contributed by atoms with Gasteiger partial charge in [0.25, 0.3) is 0 Å². The Bertz CT molecular complexity index is 983. The molecule has 168 valence electrons. The Kier molecular flexibility index (Phi) is 8.02. The number of sulfonamides is 1. The summed E-state index contributed by atoms with van der Waals surface area (Å²) in [5.74, 6) is 0.572. The molecule has 1 fully saturated rings. The number of amides is 1. The Hall–Kier alpha value is -2.03. The molecule has 3 rings (SSSR count). The van der Waals surface area contributed by atoms with E-state index in [-0.39, 0.29) is 17.9 Å². The quantitative estimate of drug-likeness (QED) is 0.602. The molecular weight excluding hydrogens is 432 g/mol. The molecular formula is C23H30N2O4S2. The lowest BCUT2D eigenvalue weighted by atomic mass is 9.97. The number of carbonyl (C=O) groups excluding carboxylic acids is 1. The molecule has 2 aromatic carbocycles. The number of benzene rings is 2. The normalized spacial score (nSPS) is 15.7. The fourth-order valence-corrected chi connectivity index (χ4v) is 5.47. The molecule has 0 aliphatic carbocycles. The molecule has 31 heavy (non-hydrogen) atoms. The van der Waals surface area contributed by atoms with Gasteiger partial charge in [0.15, 0.2) is 0 Å². The third-order valence-electron chi connectivity index (χ3n) is 5.26. The van der Waals surface area contributed by atoms with Crippen LogP contribution in [0.25, 0.3) is 0 Å². The van der Waals surface area contributed by atoms with Crippen LogP contribution in [0.15, 0.2) is 58.3 Å². The number of ether oxygens (including phenoxy) is 1. The lowest BCUT2D eigenvalue weighted by Gasteiger charge is -2.30. The number of carbonyl (C=O) groups is 1. The van der Waals surface area contributed by atoms with Crippen molar-refractivity contribution < 1.29 is 17.9 Å². The maximum atomic E-state index is 12.9. The molecule has 0 spiro atoms. The second-order valence-corrected chi connectivity index (χ2v) is 10.7. The Labute approximate surface area is 189 Å². The standard InChI is InChI=1S/C23H30N2O4S2/c1-17(2)29-20-6-4-5-18(15-20)16-24-23(26)19-11-13-25(14-12-19)31(27,28)22-9-7-21(30-3)8-10-22/h4-10,15,17,19H,11-14,16H2,1-3H3,(H,24,26). The molecule has 0 saturated carbocycles. The zero-order valence-electron chi connectivity index (χ0n) is 18.2. The summed E-state index contributed by atoms with van der Waals surface area (Å²) < 4.78 is 33.0. The molecule has 1 aliphatic rings. The fourth-order valence-electron chi connectivity index (χ4n) is 3.59. The minimum absolute atomic E-state index is 0.0310. The summed E-state index contributed by atoms with van der Waals surface area (Å²) in [6.45, 7) is 5.07. The Morgan fingerprint density at radius 3 is 2.45 bits per heavy atom. The number of hydrogen-bond acceptors (Lipinski definition) is 5. The zero-order valence-corrected chi connectivity index (χ0v) is 19.8. The van der Waals surface area contributed by atoms with E-state index in [0.717, 1.165) is 16.2 Å². The molecule has 0 unspecified atom stereocenters. The van der Waals surface area contributed by atoms with E-state index in [1.807, 2.05) is 56.5 Å². The van der Waals surface area contributed by atoms with Gasteiger partial charge in [-0.1, -0.05) is 12.1 Å². The average molecular weight is 463 g/mol. The van der Waals surface area contributed by atoms with E-state index in [1.165, 1.54) is 4.31 Å². The molecule has 1 N–H and O–H groups in total. The minimum atomic E-state index is -3.53. The van der Waals surface area contributed by atoms with Gasteiger partial charge >= 0.3 is 0 Å². The third-order valence-corrected chi connectivity index (χ3v) is 7.92. The molecule has 2 aromatic rings. The lowest BCUT2D eigenvalue weighted by molar-refractivity contribution is -0.126. The first-order chi connectivity index (χ1) is 14.8. The average Bonchev–Trinajstić information content (AvgIpc) is 2.77. The Morgan fingerprint density at radius 2 is 1.84 bits per heavy atom. The summed E-state index contributed by atoms with van der Waals surface area (Å²) in [6.07, 6.45) is 3.08. The molecule has 0 bridgehead atoms. The van der Waals surface area contributed by atoms with Crippen LogP contribution < -0.4 is 10.1 Å². The topological polar surface area (TPSA) is 75.7 Å². The maximum Gasteiger partial charge on any atom is 0.243 e. The monoisotopic (exact) mass is 462 g/mol. The summed E-state index contributed by atoms with van der Waals surface area (Å²) in [4.78, 5) is 13.9. The fraction of sp³-hybridized carbons (Fsp3) is 0.435. The van der Waals surface area contributed by atoms with Crippen molar-refractivity contribution in [1.82, 2.24) is 9.62 Å². The number of thioether (sulfide) groups is 1. The highest BCUT2D eigenvalue weighted by Gasteiger charge is 2.32. The highest BCUT2D eigenvalue weighted by atomic mass is 32.2. The van der Waals surface area contributed by atoms with Gasteiger partial charge in [-0.25, -0.2) is 8.42 Å². The van der Waals surface area contributed by atoms with E-state index >= 15 is 0 Å². The predicted octanol–water partition coefficient (Wildman–Crippen LogP) is 3.91. The molecule has 0 aromatic heterocycles. The van der Waals surface area contributed by atoms with Crippen molar-refractivity contribution in [3.05, 3.63) is 54.1 Å². The summed E-state index contributed by atoms with van der Waals surface area (Å²) in [6, 6.07) is 14.6. The van der Waals surface area contributed by atoms with Gasteiger partial charge in [0, 0.05) is 30.4 Å². The number of nitrogens with one attached hydrogen (secondary N) is 1. The third kappa shape index (κ3) is 6.24. The van der Waals surface area contributed by atoms with Crippen molar-refractivity contribution in [2.45, 2.75) is 49.1 Å². The SMILES string of the molecule is CSc1ccc(S(=O)(=O)N2CCC(C(=O)NCc3cccc(OC(C)C)c3)CC2)cc1. The maximum absolute atomic E-state index is 12.9. The molecule has 1 heterocycles. The van der Waals surface area contributed by atoms with Crippen molar-refractivity contribution in [2.75, 3.05) is 19.3 Å². The van der Waals surface area contributed by atoms with Crippen LogP contribution >= 0.6 is 11.8 Å². The summed E-state index contributed by atoms with van der Waals surface area (Å²) >= 11 is 1.57. The van der Waals surface area contributed by atoms with Crippen LogP contribution in [-0.4, -0.2) is 44.1 Å². The Morgan fingerprint density at radius 1 is 1.16 bits per heavy atom. The van der Waals surface area contributed by atoms with Crippen molar-refractivity contribution in [3.8, 4) is 5.75 Å². The van der Waals surface area contributed by atoms with E-state index in [1.54, 1.807) is 23.9 Å². The molecule has 0 atom stereocenters. The highest BCUT2D eigenvalue weighted by Crippen LogP contribution is 2.25. The van der Waals surface area contributed by atoms with Crippen molar-refractivity contribution in [2.24, 2.45) is 5.92 Å². The van der Waals surface area contributed by atoms with Crippen molar-refractivity contribution in [3.63, 3.8) is 0 Å². The van der Waals surface area contributed by atoms with Crippen molar-refractivity contribution in [1.29, 1.82) is 0 Å². The second-order valence-electron chi connectivity index (χ2n) is 7.89. The summed E-state index contributed by atoms with van der Waals surface area (Å²) in [5, 5.41) is 2.98. The van der Waals surface area contributed by atoms with Gasteiger partial charge in [-0.15, -0.1) is 11.8 Å². The van der Waals surface area contributed by atoms with Gasteiger partial charge in [0.05, 0.1) is 11.0 Å². The van der Waals surface area contributed by atoms with Gasteiger partial charge in [-0.3, -0.25) is 4.79 Å². The van der Waals surface area contributed by atoms with Crippen molar-refractivity contribution >= 4 is 27.7 Å². The first-order valence-electron chi connectivity index (χ1n) is 10.5. The lowest BCUT2D eigenvalue weighted by Crippen LogP contribution is -2.42. The van der Waals surface area contributed by atoms with Crippen LogP contribution in [0.3, 0.4) is 0 Å². The van der Waals surface area contributed by atoms with Crippen LogP contribution in [0.2, 0.25) is 0 Å². The van der Waals surface area contributed by atoms with E-state index < -0.39 is 10.0 Å². The highest BCUT2D eigenvalue weighted by molar-refractivity contribution is 7.98. The van der Waals surface area contributed by atoms with Crippen LogP contribution in [0.1, 0.15) is 32.3 Å².